The van der Waals surface area contributed by atoms with Gasteiger partial charge in [0.25, 0.3) is 5.92 Å². The van der Waals surface area contributed by atoms with Crippen LogP contribution in [0.3, 0.4) is 0 Å². The van der Waals surface area contributed by atoms with Crippen LogP contribution in [0.15, 0.2) is 67.1 Å². The summed E-state index contributed by atoms with van der Waals surface area (Å²) in [5.41, 5.74) is 10.2. The number of nitrogens with two attached hydrogens (primary N) is 1. The van der Waals surface area contributed by atoms with Gasteiger partial charge in [-0.05, 0) is 60.8 Å². The molecule has 6 nitrogen and oxygen atoms in total. The standard InChI is InChI=1S/C27H29F2N5O/c1-27(28,29)25(30)21-6-4-5-20(15-21)24-17-32-34-18-22(16-31-26(24)34)19-7-9-23(10-8-19)35-14-13-33-11-2-3-12-33/h4-10,15-18,25H,2-3,11-14,30H2,1H3. The molecular formula is C27H29F2N5O. The first-order valence-electron chi connectivity index (χ1n) is 11.9. The zero-order chi connectivity index (χ0) is 24.4. The van der Waals surface area contributed by atoms with Crippen molar-refractivity contribution in [2.45, 2.75) is 31.7 Å². The maximum absolute atomic E-state index is 13.7. The highest BCUT2D eigenvalue weighted by Crippen LogP contribution is 2.32. The van der Waals surface area contributed by atoms with Gasteiger partial charge < -0.3 is 10.5 Å². The first-order chi connectivity index (χ1) is 16.9. The molecule has 3 heterocycles. The van der Waals surface area contributed by atoms with Crippen molar-refractivity contribution in [1.29, 1.82) is 0 Å². The Morgan fingerprint density at radius 1 is 1.03 bits per heavy atom. The average Bonchev–Trinajstić information content (AvgIpc) is 3.53. The first kappa shape index (κ1) is 23.4. The Kier molecular flexibility index (Phi) is 6.49. The van der Waals surface area contributed by atoms with Crippen LogP contribution in [0.4, 0.5) is 8.78 Å². The molecule has 0 aliphatic carbocycles. The molecule has 0 bridgehead atoms. The minimum atomic E-state index is -3.01. The molecule has 4 aromatic rings. The number of alkyl halides is 2. The van der Waals surface area contributed by atoms with Crippen molar-refractivity contribution in [2.75, 3.05) is 26.2 Å². The third kappa shape index (κ3) is 5.18. The molecule has 0 saturated carbocycles. The van der Waals surface area contributed by atoms with E-state index >= 15 is 0 Å². The molecule has 2 aromatic carbocycles. The Labute approximate surface area is 203 Å². The maximum Gasteiger partial charge on any atom is 0.264 e. The third-order valence-electron chi connectivity index (χ3n) is 6.52. The van der Waals surface area contributed by atoms with Crippen molar-refractivity contribution in [2.24, 2.45) is 5.73 Å². The van der Waals surface area contributed by atoms with E-state index in [0.29, 0.717) is 17.8 Å². The molecule has 0 spiro atoms. The van der Waals surface area contributed by atoms with Crippen LogP contribution in [0, 0.1) is 0 Å². The number of benzene rings is 2. The van der Waals surface area contributed by atoms with E-state index < -0.39 is 12.0 Å². The van der Waals surface area contributed by atoms with Crippen molar-refractivity contribution in [3.05, 3.63) is 72.7 Å². The lowest BCUT2D eigenvalue weighted by molar-refractivity contribution is -0.00617. The lowest BCUT2D eigenvalue weighted by Gasteiger charge is -2.20. The SMILES string of the molecule is CC(F)(F)C(N)c1cccc(-c2cnn3cc(-c4ccc(OCCN5CCCC5)cc4)cnc23)c1. The Balaban J connectivity index is 1.32. The molecular weight excluding hydrogens is 448 g/mol. The van der Waals surface area contributed by atoms with Gasteiger partial charge in [-0.1, -0.05) is 30.3 Å². The molecule has 1 fully saturated rings. The van der Waals surface area contributed by atoms with Gasteiger partial charge in [-0.2, -0.15) is 5.10 Å². The topological polar surface area (TPSA) is 68.7 Å². The fourth-order valence-corrected chi connectivity index (χ4v) is 4.46. The molecule has 8 heteroatoms. The molecule has 2 N–H and O–H groups in total. The van der Waals surface area contributed by atoms with Gasteiger partial charge in [0, 0.05) is 37.0 Å². The molecule has 5 rings (SSSR count). The number of hydrogen-bond donors (Lipinski definition) is 1. The van der Waals surface area contributed by atoms with Gasteiger partial charge in [0.05, 0.1) is 12.2 Å². The molecule has 0 amide bonds. The smallest absolute Gasteiger partial charge is 0.264 e. The Morgan fingerprint density at radius 2 is 1.80 bits per heavy atom. The number of nitrogens with zero attached hydrogens (tertiary/aromatic N) is 4. The van der Waals surface area contributed by atoms with Crippen molar-refractivity contribution >= 4 is 5.65 Å². The molecule has 1 aliphatic heterocycles. The van der Waals surface area contributed by atoms with Crippen LogP contribution in [0.2, 0.25) is 0 Å². The second-order valence-corrected chi connectivity index (χ2v) is 9.15. The summed E-state index contributed by atoms with van der Waals surface area (Å²) in [6.45, 7) is 4.81. The predicted molar refractivity (Wildman–Crippen MR) is 133 cm³/mol. The van der Waals surface area contributed by atoms with Crippen LogP contribution < -0.4 is 10.5 Å². The van der Waals surface area contributed by atoms with Crippen LogP contribution >= 0.6 is 0 Å². The molecule has 0 radical (unpaired) electrons. The van der Waals surface area contributed by atoms with E-state index in [1.807, 2.05) is 36.5 Å². The number of hydrogen-bond acceptors (Lipinski definition) is 5. The highest BCUT2D eigenvalue weighted by Gasteiger charge is 2.32. The van der Waals surface area contributed by atoms with E-state index in [9.17, 15) is 8.78 Å². The molecule has 182 valence electrons. The van der Waals surface area contributed by atoms with Crippen LogP contribution in [0.5, 0.6) is 5.75 Å². The van der Waals surface area contributed by atoms with Crippen LogP contribution in [0.25, 0.3) is 27.9 Å². The summed E-state index contributed by atoms with van der Waals surface area (Å²) in [4.78, 5) is 7.05. The largest absolute Gasteiger partial charge is 0.492 e. The van der Waals surface area contributed by atoms with Gasteiger partial charge in [-0.25, -0.2) is 18.3 Å². The Hall–Kier alpha value is -3.36. The van der Waals surface area contributed by atoms with Gasteiger partial charge in [0.1, 0.15) is 12.4 Å². The minimum absolute atomic E-state index is 0.369. The summed E-state index contributed by atoms with van der Waals surface area (Å²) < 4.78 is 35.0. The highest BCUT2D eigenvalue weighted by atomic mass is 19.3. The van der Waals surface area contributed by atoms with E-state index in [4.69, 9.17) is 10.5 Å². The number of rotatable bonds is 8. The Bertz CT molecular complexity index is 1290. The number of halogens is 2. The van der Waals surface area contributed by atoms with Crippen molar-refractivity contribution in [1.82, 2.24) is 19.5 Å². The van der Waals surface area contributed by atoms with Gasteiger partial charge in [0.2, 0.25) is 0 Å². The van der Waals surface area contributed by atoms with Crippen molar-refractivity contribution in [3.8, 4) is 28.0 Å². The van der Waals surface area contributed by atoms with Crippen LogP contribution in [-0.4, -0.2) is 51.7 Å². The molecule has 1 aliphatic rings. The van der Waals surface area contributed by atoms with Crippen molar-refractivity contribution < 1.29 is 13.5 Å². The molecule has 1 unspecified atom stereocenters. The van der Waals surface area contributed by atoms with Gasteiger partial charge in [-0.3, -0.25) is 4.90 Å². The predicted octanol–water partition coefficient (Wildman–Crippen LogP) is 5.19. The fourth-order valence-electron chi connectivity index (χ4n) is 4.46. The third-order valence-corrected chi connectivity index (χ3v) is 6.52. The summed E-state index contributed by atoms with van der Waals surface area (Å²) in [5.74, 6) is -2.17. The Morgan fingerprint density at radius 3 is 2.54 bits per heavy atom. The normalized spacial score (nSPS) is 15.5. The van der Waals surface area contributed by atoms with Crippen LogP contribution in [-0.2, 0) is 0 Å². The molecule has 1 atom stereocenters. The second-order valence-electron chi connectivity index (χ2n) is 9.15. The maximum atomic E-state index is 13.7. The van der Waals surface area contributed by atoms with E-state index in [1.165, 1.54) is 25.9 Å². The number of aromatic nitrogens is 3. The summed E-state index contributed by atoms with van der Waals surface area (Å²) in [6, 6.07) is 13.4. The second kappa shape index (κ2) is 9.71. The first-order valence-corrected chi connectivity index (χ1v) is 11.9. The van der Waals surface area contributed by atoms with E-state index in [-0.39, 0.29) is 0 Å². The number of fused-ring (bicyclic) bond motifs is 1. The number of likely N-dealkylation sites (tertiary alicyclic amines) is 1. The zero-order valence-electron chi connectivity index (χ0n) is 19.7. The van der Waals surface area contributed by atoms with Gasteiger partial charge in [-0.15, -0.1) is 0 Å². The molecule has 35 heavy (non-hydrogen) atoms. The summed E-state index contributed by atoms with van der Waals surface area (Å²) >= 11 is 0. The molecule has 1 saturated heterocycles. The minimum Gasteiger partial charge on any atom is -0.492 e. The van der Waals surface area contributed by atoms with E-state index in [2.05, 4.69) is 15.0 Å². The van der Waals surface area contributed by atoms with Crippen molar-refractivity contribution in [3.63, 3.8) is 0 Å². The van der Waals surface area contributed by atoms with E-state index in [0.717, 1.165) is 41.5 Å². The number of ether oxygens (including phenoxy) is 1. The fraction of sp³-hybridized carbons (Fsp3) is 0.333. The lowest BCUT2D eigenvalue weighted by Crippen LogP contribution is -2.29. The average molecular weight is 478 g/mol. The monoisotopic (exact) mass is 477 g/mol. The van der Waals surface area contributed by atoms with Gasteiger partial charge in [0.15, 0.2) is 5.65 Å². The van der Waals surface area contributed by atoms with Crippen LogP contribution in [0.1, 0.15) is 31.4 Å². The lowest BCUT2D eigenvalue weighted by atomic mass is 9.98. The van der Waals surface area contributed by atoms with Gasteiger partial charge >= 0.3 is 0 Å². The summed E-state index contributed by atoms with van der Waals surface area (Å²) in [6.07, 6.45) is 7.95. The summed E-state index contributed by atoms with van der Waals surface area (Å²) in [7, 11) is 0. The zero-order valence-corrected chi connectivity index (χ0v) is 19.7. The summed E-state index contributed by atoms with van der Waals surface area (Å²) in [5, 5.41) is 4.45. The van der Waals surface area contributed by atoms with E-state index in [1.54, 1.807) is 35.1 Å². The quantitative estimate of drug-likeness (QED) is 0.378. The highest BCUT2D eigenvalue weighted by molar-refractivity contribution is 5.78. The molecule has 2 aromatic heterocycles.